The molecule has 2 saturated heterocycles. The second kappa shape index (κ2) is 8.29. The highest BCUT2D eigenvalue weighted by atomic mass is 35.5. The van der Waals surface area contributed by atoms with Crippen molar-refractivity contribution in [1.82, 2.24) is 14.7 Å². The Bertz CT molecular complexity index is 744. The number of benzene rings is 1. The number of carbonyl (C=O) groups is 2. The molecule has 0 aromatic heterocycles. The standard InChI is InChI=1S/C21H30ClN3O3/c1-4-24-19(27)21(25(20(24)28)11-8-15(2)3)9-12-23(13-10-21)14-16-6-5-7-17(22)18(16)26/h5-7,15,26H,4,8-14H2,1-3H3. The van der Waals surface area contributed by atoms with E-state index >= 15 is 0 Å². The summed E-state index contributed by atoms with van der Waals surface area (Å²) in [5.74, 6) is 0.544. The fourth-order valence-electron chi connectivity index (χ4n) is 4.25. The van der Waals surface area contributed by atoms with Gasteiger partial charge in [-0.15, -0.1) is 0 Å². The predicted octanol–water partition coefficient (Wildman–Crippen LogP) is 3.71. The van der Waals surface area contributed by atoms with Crippen molar-refractivity contribution in [2.45, 2.75) is 52.1 Å². The number of imide groups is 1. The van der Waals surface area contributed by atoms with Crippen LogP contribution in [0.3, 0.4) is 0 Å². The van der Waals surface area contributed by atoms with Crippen LogP contribution in [0.1, 0.15) is 45.6 Å². The van der Waals surface area contributed by atoms with Gasteiger partial charge in [-0.05, 0) is 38.2 Å². The summed E-state index contributed by atoms with van der Waals surface area (Å²) in [4.78, 5) is 31.4. The summed E-state index contributed by atoms with van der Waals surface area (Å²) in [6, 6.07) is 5.22. The van der Waals surface area contributed by atoms with E-state index in [0.717, 1.165) is 12.0 Å². The number of rotatable bonds is 6. The molecule has 2 aliphatic rings. The molecule has 0 saturated carbocycles. The molecule has 0 bridgehead atoms. The summed E-state index contributed by atoms with van der Waals surface area (Å²) in [5.41, 5.74) is 0.0682. The monoisotopic (exact) mass is 407 g/mol. The van der Waals surface area contributed by atoms with Gasteiger partial charge in [-0.25, -0.2) is 4.79 Å². The Kier molecular flexibility index (Phi) is 6.20. The van der Waals surface area contributed by atoms with Crippen LogP contribution in [0.4, 0.5) is 4.79 Å². The number of para-hydroxylation sites is 1. The highest BCUT2D eigenvalue weighted by molar-refractivity contribution is 6.32. The molecule has 1 spiro atoms. The van der Waals surface area contributed by atoms with Gasteiger partial charge >= 0.3 is 6.03 Å². The topological polar surface area (TPSA) is 64.1 Å². The fourth-order valence-corrected chi connectivity index (χ4v) is 4.45. The zero-order chi connectivity index (χ0) is 20.5. The smallest absolute Gasteiger partial charge is 0.327 e. The number of urea groups is 1. The summed E-state index contributed by atoms with van der Waals surface area (Å²) < 4.78 is 0. The first kappa shape index (κ1) is 20.9. The molecule has 28 heavy (non-hydrogen) atoms. The lowest BCUT2D eigenvalue weighted by atomic mass is 9.85. The third kappa shape index (κ3) is 3.72. The van der Waals surface area contributed by atoms with Crippen molar-refractivity contribution in [3.8, 4) is 5.75 Å². The normalized spacial score (nSPS) is 20.0. The molecule has 2 fully saturated rings. The Morgan fingerprint density at radius 2 is 1.89 bits per heavy atom. The lowest BCUT2D eigenvalue weighted by Gasteiger charge is -2.42. The SMILES string of the molecule is CCN1C(=O)N(CCC(C)C)C2(CCN(Cc3cccc(Cl)c3O)CC2)C1=O. The van der Waals surface area contributed by atoms with E-state index in [2.05, 4.69) is 18.7 Å². The average Bonchev–Trinajstić information content (AvgIpc) is 2.85. The van der Waals surface area contributed by atoms with Crippen LogP contribution in [-0.4, -0.2) is 63.5 Å². The number of hydrogen-bond acceptors (Lipinski definition) is 4. The number of phenols is 1. The number of nitrogens with zero attached hydrogens (tertiary/aromatic N) is 3. The van der Waals surface area contributed by atoms with Crippen molar-refractivity contribution in [3.63, 3.8) is 0 Å². The van der Waals surface area contributed by atoms with E-state index in [9.17, 15) is 14.7 Å². The molecule has 0 unspecified atom stereocenters. The van der Waals surface area contributed by atoms with Crippen LogP contribution in [0, 0.1) is 5.92 Å². The highest BCUT2D eigenvalue weighted by Crippen LogP contribution is 2.38. The number of phenolic OH excluding ortho intramolecular Hbond substituents is 1. The first-order chi connectivity index (χ1) is 13.3. The molecule has 3 amide bonds. The summed E-state index contributed by atoms with van der Waals surface area (Å²) in [5, 5.41) is 10.5. The van der Waals surface area contributed by atoms with Gasteiger partial charge in [0.25, 0.3) is 5.91 Å². The van der Waals surface area contributed by atoms with E-state index < -0.39 is 5.54 Å². The summed E-state index contributed by atoms with van der Waals surface area (Å²) in [6.07, 6.45) is 2.12. The maximum atomic E-state index is 13.1. The Morgan fingerprint density at radius 1 is 1.21 bits per heavy atom. The van der Waals surface area contributed by atoms with Crippen LogP contribution in [0.2, 0.25) is 5.02 Å². The van der Waals surface area contributed by atoms with Gasteiger partial charge in [0.15, 0.2) is 0 Å². The number of likely N-dealkylation sites (N-methyl/N-ethyl adjacent to an activating group) is 1. The van der Waals surface area contributed by atoms with Crippen LogP contribution >= 0.6 is 11.6 Å². The molecule has 154 valence electrons. The van der Waals surface area contributed by atoms with E-state index in [4.69, 9.17) is 11.6 Å². The quantitative estimate of drug-likeness (QED) is 0.730. The molecule has 2 aliphatic heterocycles. The van der Waals surface area contributed by atoms with Crippen molar-refractivity contribution in [2.75, 3.05) is 26.2 Å². The molecular formula is C21H30ClN3O3. The molecule has 3 rings (SSSR count). The van der Waals surface area contributed by atoms with Crippen LogP contribution < -0.4 is 0 Å². The Labute approximate surface area is 172 Å². The van der Waals surface area contributed by atoms with Gasteiger partial charge in [0.05, 0.1) is 5.02 Å². The maximum absolute atomic E-state index is 13.1. The third-order valence-corrected chi connectivity index (χ3v) is 6.32. The van der Waals surface area contributed by atoms with Crippen molar-refractivity contribution >= 4 is 23.5 Å². The number of amides is 3. The Morgan fingerprint density at radius 3 is 2.50 bits per heavy atom. The van der Waals surface area contributed by atoms with E-state index in [1.165, 1.54) is 4.90 Å². The van der Waals surface area contributed by atoms with Crippen LogP contribution in [0.5, 0.6) is 5.75 Å². The second-order valence-corrected chi connectivity index (χ2v) is 8.63. The van der Waals surface area contributed by atoms with Crippen LogP contribution in [0.25, 0.3) is 0 Å². The number of likely N-dealkylation sites (tertiary alicyclic amines) is 1. The number of halogens is 1. The molecule has 1 aromatic carbocycles. The summed E-state index contributed by atoms with van der Waals surface area (Å²) in [6.45, 7) is 9.12. The molecular weight excluding hydrogens is 378 g/mol. The van der Waals surface area contributed by atoms with Gasteiger partial charge < -0.3 is 10.0 Å². The fraction of sp³-hybridized carbons (Fsp3) is 0.619. The lowest BCUT2D eigenvalue weighted by molar-refractivity contribution is -0.135. The average molecular weight is 408 g/mol. The van der Waals surface area contributed by atoms with Crippen molar-refractivity contribution in [1.29, 1.82) is 0 Å². The first-order valence-corrected chi connectivity index (χ1v) is 10.5. The van der Waals surface area contributed by atoms with E-state index in [-0.39, 0.29) is 17.7 Å². The number of carbonyl (C=O) groups excluding carboxylic acids is 2. The highest BCUT2D eigenvalue weighted by Gasteiger charge is 2.57. The van der Waals surface area contributed by atoms with Gasteiger partial charge in [-0.3, -0.25) is 14.6 Å². The van der Waals surface area contributed by atoms with Crippen molar-refractivity contribution in [3.05, 3.63) is 28.8 Å². The Hall–Kier alpha value is -1.79. The first-order valence-electron chi connectivity index (χ1n) is 10.1. The van der Waals surface area contributed by atoms with Gasteiger partial charge in [-0.1, -0.05) is 37.6 Å². The van der Waals surface area contributed by atoms with Gasteiger partial charge in [-0.2, -0.15) is 0 Å². The van der Waals surface area contributed by atoms with Gasteiger partial charge in [0, 0.05) is 38.3 Å². The van der Waals surface area contributed by atoms with E-state index in [1.807, 2.05) is 24.0 Å². The number of aromatic hydroxyl groups is 1. The predicted molar refractivity (Wildman–Crippen MR) is 109 cm³/mol. The molecule has 7 heteroatoms. The summed E-state index contributed by atoms with van der Waals surface area (Å²) >= 11 is 6.01. The second-order valence-electron chi connectivity index (χ2n) is 8.22. The lowest BCUT2D eigenvalue weighted by Crippen LogP contribution is -2.56. The molecule has 2 heterocycles. The number of piperidine rings is 1. The Balaban J connectivity index is 1.74. The summed E-state index contributed by atoms with van der Waals surface area (Å²) in [7, 11) is 0. The largest absolute Gasteiger partial charge is 0.506 e. The third-order valence-electron chi connectivity index (χ3n) is 6.02. The maximum Gasteiger partial charge on any atom is 0.327 e. The molecule has 0 atom stereocenters. The molecule has 1 aromatic rings. The van der Waals surface area contributed by atoms with Crippen molar-refractivity contribution in [2.24, 2.45) is 5.92 Å². The minimum Gasteiger partial charge on any atom is -0.506 e. The van der Waals surface area contributed by atoms with Gasteiger partial charge in [0.2, 0.25) is 0 Å². The minimum atomic E-state index is -0.713. The molecule has 0 aliphatic carbocycles. The van der Waals surface area contributed by atoms with E-state index in [0.29, 0.717) is 56.5 Å². The van der Waals surface area contributed by atoms with Crippen LogP contribution in [0.15, 0.2) is 18.2 Å². The zero-order valence-corrected chi connectivity index (χ0v) is 17.7. The van der Waals surface area contributed by atoms with Gasteiger partial charge in [0.1, 0.15) is 11.3 Å². The minimum absolute atomic E-state index is 0.0472. The molecule has 0 radical (unpaired) electrons. The molecule has 6 nitrogen and oxygen atoms in total. The van der Waals surface area contributed by atoms with E-state index in [1.54, 1.807) is 6.07 Å². The molecule has 1 N–H and O–H groups in total. The van der Waals surface area contributed by atoms with Crippen LogP contribution in [-0.2, 0) is 11.3 Å². The van der Waals surface area contributed by atoms with Crippen molar-refractivity contribution < 1.29 is 14.7 Å². The number of hydrogen-bond donors (Lipinski definition) is 1. The zero-order valence-electron chi connectivity index (χ0n) is 16.9.